The van der Waals surface area contributed by atoms with Gasteiger partial charge in [-0.2, -0.15) is 0 Å². The Morgan fingerprint density at radius 2 is 2.25 bits per heavy atom. The molecule has 0 radical (unpaired) electrons. The van der Waals surface area contributed by atoms with Crippen molar-refractivity contribution in [1.82, 2.24) is 0 Å². The Hall–Kier alpha value is -0.370. The predicted molar refractivity (Wildman–Crippen MR) is 45.7 cm³/mol. The van der Waals surface area contributed by atoms with E-state index in [2.05, 4.69) is 6.92 Å². The molecule has 0 saturated heterocycles. The van der Waals surface area contributed by atoms with E-state index in [1.165, 1.54) is 0 Å². The van der Waals surface area contributed by atoms with Gasteiger partial charge in [-0.1, -0.05) is 6.92 Å². The zero-order valence-corrected chi connectivity index (χ0v) is 7.55. The van der Waals surface area contributed by atoms with Gasteiger partial charge in [-0.05, 0) is 30.6 Å². The third-order valence-corrected chi connectivity index (χ3v) is 3.90. The molecule has 2 nitrogen and oxygen atoms in total. The fraction of sp³-hybridized carbons (Fsp3) is 0.900. The number of carbonyl (C=O) groups is 1. The lowest BCUT2D eigenvalue weighted by Crippen LogP contribution is -2.37. The lowest BCUT2D eigenvalue weighted by Gasteiger charge is -2.37. The van der Waals surface area contributed by atoms with Gasteiger partial charge in [-0.3, -0.25) is 4.79 Å². The van der Waals surface area contributed by atoms with Crippen molar-refractivity contribution < 1.29 is 9.90 Å². The first-order valence-electron chi connectivity index (χ1n) is 4.83. The van der Waals surface area contributed by atoms with E-state index in [0.717, 1.165) is 19.3 Å². The number of aliphatic hydroxyl groups excluding tert-OH is 1. The highest BCUT2D eigenvalue weighted by molar-refractivity contribution is 5.79. The van der Waals surface area contributed by atoms with Crippen molar-refractivity contribution in [2.75, 3.05) is 0 Å². The number of Topliss-reactive ketones (excluding diaryl/α,β-unsaturated/α-hetero) is 1. The number of hydrogen-bond acceptors (Lipinski definition) is 2. The van der Waals surface area contributed by atoms with Gasteiger partial charge in [0.15, 0.2) is 0 Å². The van der Waals surface area contributed by atoms with Crippen LogP contribution in [0.1, 0.15) is 39.0 Å². The van der Waals surface area contributed by atoms with Crippen LogP contribution in [0.3, 0.4) is 0 Å². The zero-order chi connectivity index (χ0) is 8.77. The topological polar surface area (TPSA) is 37.3 Å². The van der Waals surface area contributed by atoms with E-state index in [-0.39, 0.29) is 11.5 Å². The molecule has 0 aromatic rings. The quantitative estimate of drug-likeness (QED) is 0.595. The van der Waals surface area contributed by atoms with Crippen LogP contribution in [0.5, 0.6) is 0 Å². The van der Waals surface area contributed by atoms with Crippen LogP contribution >= 0.6 is 0 Å². The number of ketones is 1. The van der Waals surface area contributed by atoms with E-state index in [1.54, 1.807) is 0 Å². The summed E-state index contributed by atoms with van der Waals surface area (Å²) in [4.78, 5) is 11.2. The molecule has 0 unspecified atom stereocenters. The molecule has 2 fully saturated rings. The van der Waals surface area contributed by atoms with Gasteiger partial charge in [-0.25, -0.2) is 0 Å². The Balaban J connectivity index is 2.19. The third kappa shape index (κ3) is 1.01. The Kier molecular flexibility index (Phi) is 1.76. The summed E-state index contributed by atoms with van der Waals surface area (Å²) in [6.45, 7) is 2.14. The van der Waals surface area contributed by atoms with E-state index < -0.39 is 0 Å². The lowest BCUT2D eigenvalue weighted by atomic mass is 9.68. The second-order valence-corrected chi connectivity index (χ2v) is 4.54. The average Bonchev–Trinajstić information content (AvgIpc) is 2.31. The first-order valence-corrected chi connectivity index (χ1v) is 4.83. The first-order chi connectivity index (χ1) is 5.63. The van der Waals surface area contributed by atoms with E-state index in [0.29, 0.717) is 24.5 Å². The van der Waals surface area contributed by atoms with Crippen molar-refractivity contribution in [3.63, 3.8) is 0 Å². The Morgan fingerprint density at radius 1 is 1.50 bits per heavy atom. The average molecular weight is 168 g/mol. The molecule has 3 atom stereocenters. The van der Waals surface area contributed by atoms with Gasteiger partial charge in [0, 0.05) is 12.8 Å². The predicted octanol–water partition coefficient (Wildman–Crippen LogP) is 1.52. The van der Waals surface area contributed by atoms with Crippen LogP contribution in [0.15, 0.2) is 0 Å². The highest BCUT2D eigenvalue weighted by Crippen LogP contribution is 2.50. The number of fused-ring (bicyclic) bond motifs is 1. The number of carbonyl (C=O) groups excluding carboxylic acids is 1. The molecule has 0 spiro atoms. The molecule has 2 rings (SSSR count). The molecule has 0 aromatic heterocycles. The van der Waals surface area contributed by atoms with Gasteiger partial charge in [0.2, 0.25) is 0 Å². The lowest BCUT2D eigenvalue weighted by molar-refractivity contribution is -0.125. The smallest absolute Gasteiger partial charge is 0.133 e. The summed E-state index contributed by atoms with van der Waals surface area (Å²) < 4.78 is 0. The van der Waals surface area contributed by atoms with Crippen LogP contribution < -0.4 is 0 Å². The second kappa shape index (κ2) is 2.56. The summed E-state index contributed by atoms with van der Waals surface area (Å²) in [6, 6.07) is 0. The molecule has 0 aromatic carbocycles. The van der Waals surface area contributed by atoms with Crippen LogP contribution in [-0.4, -0.2) is 17.0 Å². The maximum absolute atomic E-state index is 11.2. The van der Waals surface area contributed by atoms with Crippen LogP contribution in [0.4, 0.5) is 0 Å². The second-order valence-electron chi connectivity index (χ2n) is 4.54. The van der Waals surface area contributed by atoms with Crippen molar-refractivity contribution in [3.8, 4) is 0 Å². The number of rotatable bonds is 0. The molecule has 0 aliphatic heterocycles. The molecule has 0 bridgehead atoms. The summed E-state index contributed by atoms with van der Waals surface area (Å²) in [5, 5.41) is 9.76. The monoisotopic (exact) mass is 168 g/mol. The van der Waals surface area contributed by atoms with E-state index in [9.17, 15) is 9.90 Å². The Morgan fingerprint density at radius 3 is 3.00 bits per heavy atom. The minimum atomic E-state index is -0.157. The molecule has 68 valence electrons. The molecular weight excluding hydrogens is 152 g/mol. The van der Waals surface area contributed by atoms with E-state index in [1.807, 2.05) is 0 Å². The zero-order valence-electron chi connectivity index (χ0n) is 7.55. The third-order valence-electron chi connectivity index (χ3n) is 3.90. The van der Waals surface area contributed by atoms with Crippen LogP contribution in [0.2, 0.25) is 0 Å². The van der Waals surface area contributed by atoms with E-state index in [4.69, 9.17) is 0 Å². The molecule has 2 aliphatic carbocycles. The molecule has 1 N–H and O–H groups in total. The highest BCUT2D eigenvalue weighted by atomic mass is 16.3. The van der Waals surface area contributed by atoms with E-state index >= 15 is 0 Å². The minimum Gasteiger partial charge on any atom is -0.393 e. The molecule has 12 heavy (non-hydrogen) atoms. The largest absolute Gasteiger partial charge is 0.393 e. The van der Waals surface area contributed by atoms with Crippen LogP contribution in [0.25, 0.3) is 0 Å². The van der Waals surface area contributed by atoms with Crippen molar-refractivity contribution in [2.45, 2.75) is 45.1 Å². The van der Waals surface area contributed by atoms with Crippen molar-refractivity contribution in [1.29, 1.82) is 0 Å². The minimum absolute atomic E-state index is 0.0634. The van der Waals surface area contributed by atoms with Crippen molar-refractivity contribution in [2.24, 2.45) is 11.3 Å². The van der Waals surface area contributed by atoms with Crippen LogP contribution in [-0.2, 0) is 4.79 Å². The fourth-order valence-electron chi connectivity index (χ4n) is 2.78. The maximum Gasteiger partial charge on any atom is 0.133 e. The van der Waals surface area contributed by atoms with Crippen LogP contribution in [0, 0.1) is 11.3 Å². The molecule has 2 saturated carbocycles. The van der Waals surface area contributed by atoms with Crippen molar-refractivity contribution in [3.05, 3.63) is 0 Å². The first kappa shape index (κ1) is 8.24. The maximum atomic E-state index is 11.2. The van der Waals surface area contributed by atoms with Gasteiger partial charge in [-0.15, -0.1) is 0 Å². The fourth-order valence-corrected chi connectivity index (χ4v) is 2.78. The van der Waals surface area contributed by atoms with Gasteiger partial charge in [0.1, 0.15) is 5.78 Å². The normalized spacial score (nSPS) is 47.7. The van der Waals surface area contributed by atoms with Crippen molar-refractivity contribution >= 4 is 5.78 Å². The summed E-state index contributed by atoms with van der Waals surface area (Å²) in [7, 11) is 0. The molecule has 2 heteroatoms. The SMILES string of the molecule is C[C@]12CCC(=O)C[C@@H]1CC[C@@H]2O. The van der Waals surface area contributed by atoms with Gasteiger partial charge < -0.3 is 5.11 Å². The molecule has 2 aliphatic rings. The molecular formula is C10H16O2. The number of aliphatic hydroxyl groups is 1. The summed E-state index contributed by atoms with van der Waals surface area (Å²) in [5.74, 6) is 0.861. The van der Waals surface area contributed by atoms with Gasteiger partial charge >= 0.3 is 0 Å². The van der Waals surface area contributed by atoms with Gasteiger partial charge in [0.05, 0.1) is 6.10 Å². The Bertz CT molecular complexity index is 212. The highest BCUT2D eigenvalue weighted by Gasteiger charge is 2.48. The number of hydrogen-bond donors (Lipinski definition) is 1. The standard InChI is InChI=1S/C10H16O2/c1-10-5-4-8(11)6-7(10)2-3-9(10)12/h7,9,12H,2-6H2,1H3/t7-,9-,10-/m0/s1. The molecule has 0 heterocycles. The molecule has 0 amide bonds. The summed E-state index contributed by atoms with van der Waals surface area (Å²) in [6.07, 6.45) is 4.09. The summed E-state index contributed by atoms with van der Waals surface area (Å²) in [5.41, 5.74) is 0.0634. The van der Waals surface area contributed by atoms with Gasteiger partial charge in [0.25, 0.3) is 0 Å². The Labute approximate surface area is 73.0 Å². The summed E-state index contributed by atoms with van der Waals surface area (Å²) >= 11 is 0.